The van der Waals surface area contributed by atoms with Gasteiger partial charge in [0, 0.05) is 12.1 Å². The van der Waals surface area contributed by atoms with Crippen LogP contribution in [0.5, 0.6) is 0 Å². The van der Waals surface area contributed by atoms with E-state index in [1.807, 2.05) is 34.7 Å². The monoisotopic (exact) mass is 270 g/mol. The predicted molar refractivity (Wildman–Crippen MR) is 78.2 cm³/mol. The Balaban J connectivity index is 2.57. The fourth-order valence-corrected chi connectivity index (χ4v) is 2.50. The Bertz CT molecular complexity index is 317. The summed E-state index contributed by atoms with van der Waals surface area (Å²) in [6.07, 6.45) is 3.71. The van der Waals surface area contributed by atoms with Gasteiger partial charge in [-0.15, -0.1) is 0 Å². The molecule has 0 aromatic rings. The summed E-state index contributed by atoms with van der Waals surface area (Å²) in [6, 6.07) is -0.198. The molecule has 1 fully saturated rings. The lowest BCUT2D eigenvalue weighted by molar-refractivity contribution is -0.161. The molecular formula is C15H30N2O2. The lowest BCUT2D eigenvalue weighted by Gasteiger charge is -2.50. The van der Waals surface area contributed by atoms with Crippen molar-refractivity contribution in [2.24, 2.45) is 0 Å². The highest BCUT2D eigenvalue weighted by molar-refractivity contribution is 5.75. The number of likely N-dealkylation sites (N-methyl/N-ethyl adjacent to an activating group) is 2. The van der Waals surface area contributed by atoms with Gasteiger partial charge < -0.3 is 9.64 Å². The third kappa shape index (κ3) is 4.18. The van der Waals surface area contributed by atoms with E-state index in [0.29, 0.717) is 0 Å². The summed E-state index contributed by atoms with van der Waals surface area (Å²) in [5, 5.41) is 0. The first-order valence-electron chi connectivity index (χ1n) is 7.18. The van der Waals surface area contributed by atoms with Gasteiger partial charge >= 0.3 is 5.97 Å². The SMILES string of the molecule is CC(C(=O)OC(C)(C)C)N(C)CC1(N(C)C)CCC1. The van der Waals surface area contributed by atoms with Gasteiger partial charge in [0.2, 0.25) is 0 Å². The van der Waals surface area contributed by atoms with Crippen LogP contribution in [0.3, 0.4) is 0 Å². The molecule has 1 unspecified atom stereocenters. The average molecular weight is 270 g/mol. The van der Waals surface area contributed by atoms with Crippen LogP contribution in [-0.4, -0.2) is 60.6 Å². The van der Waals surface area contributed by atoms with Crippen LogP contribution in [-0.2, 0) is 9.53 Å². The number of esters is 1. The molecule has 0 aliphatic heterocycles. The molecule has 1 aliphatic rings. The zero-order valence-electron chi connectivity index (χ0n) is 13.6. The Hall–Kier alpha value is -0.610. The Morgan fingerprint density at radius 3 is 2.11 bits per heavy atom. The van der Waals surface area contributed by atoms with E-state index >= 15 is 0 Å². The van der Waals surface area contributed by atoms with Crippen molar-refractivity contribution in [2.75, 3.05) is 27.7 Å². The van der Waals surface area contributed by atoms with Crippen LogP contribution in [0.15, 0.2) is 0 Å². The van der Waals surface area contributed by atoms with Gasteiger partial charge in [0.05, 0.1) is 0 Å². The topological polar surface area (TPSA) is 32.8 Å². The molecule has 4 nitrogen and oxygen atoms in total. The van der Waals surface area contributed by atoms with Gasteiger partial charge in [0.25, 0.3) is 0 Å². The zero-order valence-corrected chi connectivity index (χ0v) is 13.6. The van der Waals surface area contributed by atoms with E-state index in [4.69, 9.17) is 4.74 Å². The number of hydrogen-bond acceptors (Lipinski definition) is 4. The number of ether oxygens (including phenoxy) is 1. The minimum Gasteiger partial charge on any atom is -0.459 e. The van der Waals surface area contributed by atoms with Gasteiger partial charge in [-0.25, -0.2) is 0 Å². The molecule has 0 aromatic heterocycles. The number of carbonyl (C=O) groups is 1. The molecule has 112 valence electrons. The maximum atomic E-state index is 12.1. The third-order valence-corrected chi connectivity index (χ3v) is 4.19. The molecule has 0 spiro atoms. The maximum Gasteiger partial charge on any atom is 0.323 e. The minimum atomic E-state index is -0.415. The molecule has 0 aromatic carbocycles. The largest absolute Gasteiger partial charge is 0.459 e. The van der Waals surface area contributed by atoms with E-state index in [1.54, 1.807) is 0 Å². The van der Waals surface area contributed by atoms with Gasteiger partial charge in [-0.05, 0) is 68.1 Å². The Kier molecular flexibility index (Phi) is 5.02. The maximum absolute atomic E-state index is 12.1. The second-order valence-corrected chi connectivity index (χ2v) is 7.10. The second kappa shape index (κ2) is 5.80. The van der Waals surface area contributed by atoms with Gasteiger partial charge in [0.15, 0.2) is 0 Å². The second-order valence-electron chi connectivity index (χ2n) is 7.10. The van der Waals surface area contributed by atoms with Crippen LogP contribution in [0.25, 0.3) is 0 Å². The van der Waals surface area contributed by atoms with Crippen molar-refractivity contribution in [2.45, 2.75) is 64.1 Å². The molecule has 1 aliphatic carbocycles. The molecule has 0 bridgehead atoms. The molecule has 0 heterocycles. The van der Waals surface area contributed by atoms with Crippen molar-refractivity contribution in [3.63, 3.8) is 0 Å². The summed E-state index contributed by atoms with van der Waals surface area (Å²) < 4.78 is 5.45. The summed E-state index contributed by atoms with van der Waals surface area (Å²) in [5.41, 5.74) is -0.174. The highest BCUT2D eigenvalue weighted by atomic mass is 16.6. The zero-order chi connectivity index (χ0) is 14.8. The highest BCUT2D eigenvalue weighted by Gasteiger charge is 2.41. The van der Waals surface area contributed by atoms with Crippen LogP contribution < -0.4 is 0 Å². The molecule has 1 saturated carbocycles. The molecule has 1 atom stereocenters. The minimum absolute atomic E-state index is 0.136. The number of nitrogens with zero attached hydrogens (tertiary/aromatic N) is 2. The Labute approximate surface area is 118 Å². The van der Waals surface area contributed by atoms with Crippen LogP contribution >= 0.6 is 0 Å². The fraction of sp³-hybridized carbons (Fsp3) is 0.933. The van der Waals surface area contributed by atoms with Crippen molar-refractivity contribution >= 4 is 5.97 Å². The molecular weight excluding hydrogens is 240 g/mol. The first-order valence-corrected chi connectivity index (χ1v) is 7.18. The standard InChI is InChI=1S/C15H30N2O2/c1-12(13(18)19-14(2,3)4)17(7)11-15(16(5)6)9-8-10-15/h12H,8-11H2,1-7H3. The summed E-state index contributed by atoms with van der Waals surface area (Å²) in [6.45, 7) is 8.57. The third-order valence-electron chi connectivity index (χ3n) is 4.19. The number of carbonyl (C=O) groups excluding carboxylic acids is 1. The summed E-state index contributed by atoms with van der Waals surface area (Å²) >= 11 is 0. The number of rotatable bonds is 5. The van der Waals surface area contributed by atoms with Crippen molar-refractivity contribution in [1.29, 1.82) is 0 Å². The van der Waals surface area contributed by atoms with Crippen molar-refractivity contribution in [3.05, 3.63) is 0 Å². The first kappa shape index (κ1) is 16.4. The summed E-state index contributed by atoms with van der Waals surface area (Å²) in [7, 11) is 6.27. The van der Waals surface area contributed by atoms with Crippen LogP contribution in [0.2, 0.25) is 0 Å². The van der Waals surface area contributed by atoms with Crippen molar-refractivity contribution in [1.82, 2.24) is 9.80 Å². The Morgan fingerprint density at radius 1 is 1.26 bits per heavy atom. The van der Waals surface area contributed by atoms with Crippen LogP contribution in [0, 0.1) is 0 Å². The van der Waals surface area contributed by atoms with E-state index in [0.717, 1.165) is 6.54 Å². The lowest BCUT2D eigenvalue weighted by Crippen LogP contribution is -2.58. The van der Waals surface area contributed by atoms with Crippen LogP contribution in [0.1, 0.15) is 47.0 Å². The van der Waals surface area contributed by atoms with E-state index in [2.05, 4.69) is 23.9 Å². The highest BCUT2D eigenvalue weighted by Crippen LogP contribution is 2.37. The predicted octanol–water partition coefficient (Wildman–Crippen LogP) is 2.13. The number of hydrogen-bond donors (Lipinski definition) is 0. The molecule has 0 saturated heterocycles. The molecule has 0 N–H and O–H groups in total. The van der Waals surface area contributed by atoms with Gasteiger partial charge in [-0.3, -0.25) is 9.69 Å². The van der Waals surface area contributed by atoms with Crippen LogP contribution in [0.4, 0.5) is 0 Å². The van der Waals surface area contributed by atoms with Gasteiger partial charge in [-0.1, -0.05) is 0 Å². The fourth-order valence-electron chi connectivity index (χ4n) is 2.50. The lowest BCUT2D eigenvalue weighted by atomic mass is 9.75. The normalized spacial score (nSPS) is 20.3. The quantitative estimate of drug-likeness (QED) is 0.717. The van der Waals surface area contributed by atoms with E-state index in [9.17, 15) is 4.79 Å². The molecule has 4 heteroatoms. The first-order chi connectivity index (χ1) is 8.57. The van der Waals surface area contributed by atoms with Crippen molar-refractivity contribution in [3.8, 4) is 0 Å². The van der Waals surface area contributed by atoms with E-state index < -0.39 is 5.60 Å². The van der Waals surface area contributed by atoms with Gasteiger partial charge in [-0.2, -0.15) is 0 Å². The summed E-state index contributed by atoms with van der Waals surface area (Å²) in [5.74, 6) is -0.136. The van der Waals surface area contributed by atoms with Crippen molar-refractivity contribution < 1.29 is 9.53 Å². The summed E-state index contributed by atoms with van der Waals surface area (Å²) in [4.78, 5) is 16.5. The van der Waals surface area contributed by atoms with E-state index in [1.165, 1.54) is 19.3 Å². The smallest absolute Gasteiger partial charge is 0.323 e. The van der Waals surface area contributed by atoms with Gasteiger partial charge in [0.1, 0.15) is 11.6 Å². The molecule has 19 heavy (non-hydrogen) atoms. The van der Waals surface area contributed by atoms with E-state index in [-0.39, 0.29) is 17.6 Å². The Morgan fingerprint density at radius 2 is 1.79 bits per heavy atom. The molecule has 1 rings (SSSR count). The molecule has 0 radical (unpaired) electrons. The molecule has 0 amide bonds. The average Bonchev–Trinajstić information content (AvgIpc) is 2.18.